The van der Waals surface area contributed by atoms with Crippen molar-refractivity contribution in [3.63, 3.8) is 0 Å². The molecule has 0 fully saturated rings. The number of hydrogen-bond donors (Lipinski definition) is 1. The van der Waals surface area contributed by atoms with E-state index in [9.17, 15) is 0 Å². The number of methoxy groups -OCH3 is 1. The van der Waals surface area contributed by atoms with E-state index in [1.807, 2.05) is 12.1 Å². The molecule has 0 heterocycles. The Labute approximate surface area is 113 Å². The summed E-state index contributed by atoms with van der Waals surface area (Å²) in [7, 11) is 1.72. The molecule has 0 unspecified atom stereocenters. The molecule has 0 spiro atoms. The van der Waals surface area contributed by atoms with Crippen LogP contribution in [0.3, 0.4) is 0 Å². The van der Waals surface area contributed by atoms with E-state index in [2.05, 4.69) is 18.3 Å². The molecular formula is C13H20ClNOS. The SMILES string of the molecule is CCCNCc1ccc(Cl)cc1SCCOC. The topological polar surface area (TPSA) is 21.3 Å². The van der Waals surface area contributed by atoms with Crippen LogP contribution >= 0.6 is 23.4 Å². The van der Waals surface area contributed by atoms with Gasteiger partial charge in [-0.2, -0.15) is 0 Å². The van der Waals surface area contributed by atoms with Crippen LogP contribution in [0.2, 0.25) is 5.02 Å². The van der Waals surface area contributed by atoms with Gasteiger partial charge < -0.3 is 10.1 Å². The lowest BCUT2D eigenvalue weighted by Crippen LogP contribution is -2.14. The van der Waals surface area contributed by atoms with Crippen LogP contribution in [0.1, 0.15) is 18.9 Å². The molecule has 96 valence electrons. The molecule has 0 saturated carbocycles. The Hall–Kier alpha value is -0.220. The predicted octanol–water partition coefficient (Wildman–Crippen LogP) is 3.58. The van der Waals surface area contributed by atoms with E-state index in [-0.39, 0.29) is 0 Å². The van der Waals surface area contributed by atoms with Crippen molar-refractivity contribution >= 4 is 23.4 Å². The number of hydrogen-bond acceptors (Lipinski definition) is 3. The van der Waals surface area contributed by atoms with Crippen LogP contribution in [0, 0.1) is 0 Å². The lowest BCUT2D eigenvalue weighted by Gasteiger charge is -2.10. The molecular weight excluding hydrogens is 254 g/mol. The maximum atomic E-state index is 6.03. The van der Waals surface area contributed by atoms with Crippen molar-refractivity contribution in [3.8, 4) is 0 Å². The smallest absolute Gasteiger partial charge is 0.0556 e. The number of halogens is 1. The lowest BCUT2D eigenvalue weighted by molar-refractivity contribution is 0.218. The third kappa shape index (κ3) is 5.77. The van der Waals surface area contributed by atoms with E-state index in [1.165, 1.54) is 10.5 Å². The Morgan fingerprint density at radius 1 is 1.41 bits per heavy atom. The molecule has 0 radical (unpaired) electrons. The Balaban J connectivity index is 2.59. The number of benzene rings is 1. The van der Waals surface area contributed by atoms with Crippen LogP contribution in [-0.2, 0) is 11.3 Å². The maximum Gasteiger partial charge on any atom is 0.0556 e. The fraction of sp³-hybridized carbons (Fsp3) is 0.538. The van der Waals surface area contributed by atoms with Crippen molar-refractivity contribution in [2.24, 2.45) is 0 Å². The maximum absolute atomic E-state index is 6.03. The highest BCUT2D eigenvalue weighted by atomic mass is 35.5. The van der Waals surface area contributed by atoms with Crippen molar-refractivity contribution < 1.29 is 4.74 Å². The molecule has 1 aromatic carbocycles. The monoisotopic (exact) mass is 273 g/mol. The van der Waals surface area contributed by atoms with Gasteiger partial charge in [0, 0.05) is 29.3 Å². The normalized spacial score (nSPS) is 10.8. The van der Waals surface area contributed by atoms with Gasteiger partial charge in [-0.3, -0.25) is 0 Å². The van der Waals surface area contributed by atoms with Gasteiger partial charge in [0.15, 0.2) is 0 Å². The summed E-state index contributed by atoms with van der Waals surface area (Å²) in [5.41, 5.74) is 1.31. The van der Waals surface area contributed by atoms with E-state index < -0.39 is 0 Å². The molecule has 0 amide bonds. The van der Waals surface area contributed by atoms with Gasteiger partial charge in [0.25, 0.3) is 0 Å². The molecule has 1 rings (SSSR count). The van der Waals surface area contributed by atoms with E-state index in [0.29, 0.717) is 0 Å². The molecule has 0 aromatic heterocycles. The Morgan fingerprint density at radius 2 is 2.24 bits per heavy atom. The van der Waals surface area contributed by atoms with Crippen molar-refractivity contribution in [2.45, 2.75) is 24.8 Å². The van der Waals surface area contributed by atoms with Gasteiger partial charge in [-0.25, -0.2) is 0 Å². The molecule has 0 atom stereocenters. The second-order valence-corrected chi connectivity index (χ2v) is 5.34. The quantitative estimate of drug-likeness (QED) is 0.578. The molecule has 0 bridgehead atoms. The summed E-state index contributed by atoms with van der Waals surface area (Å²) in [5, 5.41) is 4.21. The standard InChI is InChI=1S/C13H20ClNOS/c1-3-6-15-10-11-4-5-12(14)9-13(11)17-8-7-16-2/h4-5,9,15H,3,6-8,10H2,1-2H3. The highest BCUT2D eigenvalue weighted by Gasteiger charge is 2.04. The number of nitrogens with one attached hydrogen (secondary N) is 1. The molecule has 17 heavy (non-hydrogen) atoms. The van der Waals surface area contributed by atoms with Crippen LogP contribution in [0.15, 0.2) is 23.1 Å². The fourth-order valence-corrected chi connectivity index (χ4v) is 2.69. The van der Waals surface area contributed by atoms with E-state index in [1.54, 1.807) is 18.9 Å². The number of thioether (sulfide) groups is 1. The van der Waals surface area contributed by atoms with E-state index >= 15 is 0 Å². The van der Waals surface area contributed by atoms with Crippen molar-refractivity contribution in [1.82, 2.24) is 5.32 Å². The van der Waals surface area contributed by atoms with Gasteiger partial charge in [-0.05, 0) is 30.7 Å². The zero-order valence-electron chi connectivity index (χ0n) is 10.5. The molecule has 4 heteroatoms. The predicted molar refractivity (Wildman–Crippen MR) is 76.0 cm³/mol. The van der Waals surface area contributed by atoms with Gasteiger partial charge in [-0.1, -0.05) is 24.6 Å². The summed E-state index contributed by atoms with van der Waals surface area (Å²) < 4.78 is 5.06. The minimum absolute atomic E-state index is 0.763. The number of ether oxygens (including phenoxy) is 1. The van der Waals surface area contributed by atoms with Crippen LogP contribution < -0.4 is 5.32 Å². The Kier molecular flexibility index (Phi) is 7.69. The Morgan fingerprint density at radius 3 is 2.94 bits per heavy atom. The summed E-state index contributed by atoms with van der Waals surface area (Å²) >= 11 is 7.82. The first-order valence-corrected chi connectivity index (χ1v) is 7.25. The third-order valence-electron chi connectivity index (χ3n) is 2.32. The first kappa shape index (κ1) is 14.8. The van der Waals surface area contributed by atoms with Gasteiger partial charge >= 0.3 is 0 Å². The number of rotatable bonds is 8. The molecule has 0 aliphatic carbocycles. The molecule has 1 aromatic rings. The summed E-state index contributed by atoms with van der Waals surface area (Å²) in [6, 6.07) is 6.08. The van der Waals surface area contributed by atoms with Crippen LogP contribution in [0.4, 0.5) is 0 Å². The fourth-order valence-electron chi connectivity index (χ4n) is 1.44. The molecule has 2 nitrogen and oxygen atoms in total. The Bertz CT molecular complexity index is 333. The zero-order valence-corrected chi connectivity index (χ0v) is 12.0. The van der Waals surface area contributed by atoms with Crippen LogP contribution in [0.25, 0.3) is 0 Å². The van der Waals surface area contributed by atoms with Gasteiger partial charge in [0.1, 0.15) is 0 Å². The van der Waals surface area contributed by atoms with Crippen molar-refractivity contribution in [2.75, 3.05) is 26.0 Å². The van der Waals surface area contributed by atoms with Crippen molar-refractivity contribution in [3.05, 3.63) is 28.8 Å². The third-order valence-corrected chi connectivity index (χ3v) is 3.61. The first-order valence-electron chi connectivity index (χ1n) is 5.88. The minimum Gasteiger partial charge on any atom is -0.384 e. The van der Waals surface area contributed by atoms with E-state index in [0.717, 1.165) is 36.9 Å². The lowest BCUT2D eigenvalue weighted by atomic mass is 10.2. The summed E-state index contributed by atoms with van der Waals surface area (Å²) in [6.45, 7) is 4.88. The van der Waals surface area contributed by atoms with E-state index in [4.69, 9.17) is 16.3 Å². The molecule has 0 aliphatic rings. The van der Waals surface area contributed by atoms with Gasteiger partial charge in [-0.15, -0.1) is 11.8 Å². The largest absolute Gasteiger partial charge is 0.384 e. The van der Waals surface area contributed by atoms with Crippen molar-refractivity contribution in [1.29, 1.82) is 0 Å². The first-order chi connectivity index (χ1) is 8.27. The average molecular weight is 274 g/mol. The summed E-state index contributed by atoms with van der Waals surface area (Å²) in [4.78, 5) is 1.25. The second-order valence-electron chi connectivity index (χ2n) is 3.77. The van der Waals surface area contributed by atoms with Crippen LogP contribution in [-0.4, -0.2) is 26.0 Å². The molecule has 1 N–H and O–H groups in total. The zero-order chi connectivity index (χ0) is 12.5. The highest BCUT2D eigenvalue weighted by molar-refractivity contribution is 7.99. The molecule has 0 saturated heterocycles. The average Bonchev–Trinajstić information content (AvgIpc) is 2.32. The minimum atomic E-state index is 0.763. The van der Waals surface area contributed by atoms with Gasteiger partial charge in [0.2, 0.25) is 0 Å². The summed E-state index contributed by atoms with van der Waals surface area (Å²) in [6.07, 6.45) is 1.15. The highest BCUT2D eigenvalue weighted by Crippen LogP contribution is 2.26. The summed E-state index contributed by atoms with van der Waals surface area (Å²) in [5.74, 6) is 0.956. The van der Waals surface area contributed by atoms with Gasteiger partial charge in [0.05, 0.1) is 6.61 Å². The second kappa shape index (κ2) is 8.81. The molecule has 0 aliphatic heterocycles. The van der Waals surface area contributed by atoms with Crippen LogP contribution in [0.5, 0.6) is 0 Å².